The van der Waals surface area contributed by atoms with Gasteiger partial charge in [-0.2, -0.15) is 4.99 Å². The Bertz CT molecular complexity index is 585. The number of hydrogen-bond donors (Lipinski definition) is 1. The van der Waals surface area contributed by atoms with Crippen LogP contribution in [0.2, 0.25) is 0 Å². The minimum Gasteiger partial charge on any atom is -0.358 e. The standard InChI is InChI=1S/C14H15FN2O2S/c1-8(10-4-6-11(15)7-5-10)16-13-17-12(19)14(3,20-13)9(2)18/h4-8H,1-3H3,(H,16,17,19)/t8-,14?/m0/s1. The first-order valence-corrected chi connectivity index (χ1v) is 7.00. The lowest BCUT2D eigenvalue weighted by Gasteiger charge is -2.18. The third-order valence-corrected chi connectivity index (χ3v) is 4.57. The molecule has 1 aromatic carbocycles. The Labute approximate surface area is 120 Å². The Morgan fingerprint density at radius 1 is 1.40 bits per heavy atom. The average Bonchev–Trinajstić information content (AvgIpc) is 2.66. The Hall–Kier alpha value is -1.69. The Balaban J connectivity index is 2.08. The molecule has 0 spiro atoms. The van der Waals surface area contributed by atoms with E-state index in [0.29, 0.717) is 5.17 Å². The lowest BCUT2D eigenvalue weighted by atomic mass is 10.1. The van der Waals surface area contributed by atoms with Crippen LogP contribution >= 0.6 is 11.8 Å². The first-order valence-electron chi connectivity index (χ1n) is 6.18. The number of thioether (sulfide) groups is 1. The maximum absolute atomic E-state index is 12.9. The number of ketones is 1. The number of aliphatic imine (C=N–C) groups is 1. The van der Waals surface area contributed by atoms with E-state index in [1.165, 1.54) is 19.1 Å². The van der Waals surface area contributed by atoms with Crippen molar-refractivity contribution in [2.75, 3.05) is 0 Å². The lowest BCUT2D eigenvalue weighted by molar-refractivity contribution is -0.127. The zero-order valence-electron chi connectivity index (χ0n) is 11.4. The zero-order valence-corrected chi connectivity index (χ0v) is 12.3. The molecular formula is C14H15FN2O2S. The summed E-state index contributed by atoms with van der Waals surface area (Å²) in [6.07, 6.45) is 0. The summed E-state index contributed by atoms with van der Waals surface area (Å²) in [4.78, 5) is 27.2. The fourth-order valence-electron chi connectivity index (χ4n) is 1.76. The molecule has 0 aromatic heterocycles. The lowest BCUT2D eigenvalue weighted by Crippen LogP contribution is -2.35. The fourth-order valence-corrected chi connectivity index (χ4v) is 2.79. The Morgan fingerprint density at radius 2 is 2.00 bits per heavy atom. The first-order chi connectivity index (χ1) is 9.33. The second-order valence-electron chi connectivity index (χ2n) is 4.83. The minimum atomic E-state index is -1.13. The molecule has 0 fully saturated rings. The second kappa shape index (κ2) is 5.36. The number of benzene rings is 1. The summed E-state index contributed by atoms with van der Waals surface area (Å²) in [5.74, 6) is -0.959. The molecule has 0 radical (unpaired) electrons. The fraction of sp³-hybridized carbons (Fsp3) is 0.357. The molecule has 1 N–H and O–H groups in total. The third-order valence-electron chi connectivity index (χ3n) is 3.29. The minimum absolute atomic E-state index is 0.135. The number of Topliss-reactive ketones (excluding diaryl/α,β-unsaturated/α-hetero) is 1. The van der Waals surface area contributed by atoms with Gasteiger partial charge in [0.15, 0.2) is 15.7 Å². The van der Waals surface area contributed by atoms with Crippen molar-refractivity contribution >= 4 is 28.6 Å². The molecule has 1 aliphatic heterocycles. The number of amides is 1. The van der Waals surface area contributed by atoms with Gasteiger partial charge in [0.25, 0.3) is 5.91 Å². The topological polar surface area (TPSA) is 58.5 Å². The van der Waals surface area contributed by atoms with Crippen LogP contribution in [0.25, 0.3) is 0 Å². The Kier molecular flexibility index (Phi) is 3.94. The molecule has 1 heterocycles. The van der Waals surface area contributed by atoms with Crippen molar-refractivity contribution in [2.24, 2.45) is 4.99 Å². The molecule has 6 heteroatoms. The van der Waals surface area contributed by atoms with Crippen LogP contribution in [0.3, 0.4) is 0 Å². The van der Waals surface area contributed by atoms with Crippen molar-refractivity contribution in [2.45, 2.75) is 31.6 Å². The van der Waals surface area contributed by atoms with Gasteiger partial charge in [0.2, 0.25) is 0 Å². The van der Waals surface area contributed by atoms with Gasteiger partial charge in [0.1, 0.15) is 5.82 Å². The monoisotopic (exact) mass is 294 g/mol. The van der Waals surface area contributed by atoms with Crippen LogP contribution in [0.5, 0.6) is 0 Å². The summed E-state index contributed by atoms with van der Waals surface area (Å²) in [6.45, 7) is 4.83. The van der Waals surface area contributed by atoms with Crippen LogP contribution in [0.15, 0.2) is 29.3 Å². The molecule has 0 saturated heterocycles. The predicted octanol–water partition coefficient (Wildman–Crippen LogP) is 2.45. The molecule has 20 heavy (non-hydrogen) atoms. The van der Waals surface area contributed by atoms with E-state index in [9.17, 15) is 14.0 Å². The van der Waals surface area contributed by atoms with Crippen LogP contribution < -0.4 is 5.32 Å². The maximum atomic E-state index is 12.9. The zero-order chi connectivity index (χ0) is 14.9. The quantitative estimate of drug-likeness (QED) is 0.870. The van der Waals surface area contributed by atoms with E-state index >= 15 is 0 Å². The van der Waals surface area contributed by atoms with Crippen molar-refractivity contribution < 1.29 is 14.0 Å². The third kappa shape index (κ3) is 2.75. The largest absolute Gasteiger partial charge is 0.358 e. The van der Waals surface area contributed by atoms with Crippen LogP contribution in [-0.2, 0) is 9.59 Å². The maximum Gasteiger partial charge on any atom is 0.272 e. The van der Waals surface area contributed by atoms with Crippen molar-refractivity contribution in [3.63, 3.8) is 0 Å². The Morgan fingerprint density at radius 3 is 2.50 bits per heavy atom. The molecule has 0 aliphatic carbocycles. The summed E-state index contributed by atoms with van der Waals surface area (Å²) in [5.41, 5.74) is 0.874. The highest BCUT2D eigenvalue weighted by atomic mass is 32.2. The number of nitrogens with one attached hydrogen (secondary N) is 1. The molecule has 2 rings (SSSR count). The van der Waals surface area contributed by atoms with Gasteiger partial charge in [-0.3, -0.25) is 9.59 Å². The van der Waals surface area contributed by atoms with Gasteiger partial charge in [0.05, 0.1) is 6.04 Å². The van der Waals surface area contributed by atoms with Crippen LogP contribution in [0.4, 0.5) is 4.39 Å². The number of hydrogen-bond acceptors (Lipinski definition) is 4. The van der Waals surface area contributed by atoms with E-state index in [-0.39, 0.29) is 17.6 Å². The molecule has 1 unspecified atom stereocenters. The summed E-state index contributed by atoms with van der Waals surface area (Å²) in [5, 5.41) is 3.49. The average molecular weight is 294 g/mol. The first kappa shape index (κ1) is 14.7. The van der Waals surface area contributed by atoms with Crippen molar-refractivity contribution in [1.29, 1.82) is 0 Å². The van der Waals surface area contributed by atoms with Crippen LogP contribution in [-0.4, -0.2) is 21.6 Å². The van der Waals surface area contributed by atoms with Gasteiger partial charge in [-0.1, -0.05) is 23.9 Å². The van der Waals surface area contributed by atoms with Gasteiger partial charge < -0.3 is 5.32 Å². The number of halogens is 1. The van der Waals surface area contributed by atoms with E-state index < -0.39 is 10.7 Å². The van der Waals surface area contributed by atoms with E-state index in [2.05, 4.69) is 10.3 Å². The van der Waals surface area contributed by atoms with Crippen LogP contribution in [0.1, 0.15) is 32.4 Å². The van der Waals surface area contributed by atoms with E-state index in [1.54, 1.807) is 19.1 Å². The molecule has 2 atom stereocenters. The molecule has 1 aromatic rings. The van der Waals surface area contributed by atoms with Crippen molar-refractivity contribution in [3.8, 4) is 0 Å². The number of carbonyl (C=O) groups excluding carboxylic acids is 2. The van der Waals surface area contributed by atoms with Gasteiger partial charge in [-0.05, 0) is 38.5 Å². The number of rotatable bonds is 3. The highest BCUT2D eigenvalue weighted by Gasteiger charge is 2.45. The number of carbonyl (C=O) groups is 2. The molecular weight excluding hydrogens is 279 g/mol. The van der Waals surface area contributed by atoms with E-state index in [1.807, 2.05) is 6.92 Å². The van der Waals surface area contributed by atoms with Crippen molar-refractivity contribution in [1.82, 2.24) is 5.32 Å². The van der Waals surface area contributed by atoms with Gasteiger partial charge in [-0.25, -0.2) is 4.39 Å². The smallest absolute Gasteiger partial charge is 0.272 e. The summed E-state index contributed by atoms with van der Waals surface area (Å²) >= 11 is 1.12. The number of amidine groups is 1. The van der Waals surface area contributed by atoms with Gasteiger partial charge in [0, 0.05) is 0 Å². The van der Waals surface area contributed by atoms with Gasteiger partial charge >= 0.3 is 0 Å². The molecule has 4 nitrogen and oxygen atoms in total. The molecule has 106 valence electrons. The van der Waals surface area contributed by atoms with E-state index in [4.69, 9.17) is 0 Å². The molecule has 0 bridgehead atoms. The highest BCUT2D eigenvalue weighted by Crippen LogP contribution is 2.34. The normalized spacial score (nSPS) is 23.4. The van der Waals surface area contributed by atoms with Crippen molar-refractivity contribution in [3.05, 3.63) is 35.6 Å². The summed E-state index contributed by atoms with van der Waals surface area (Å²) < 4.78 is 11.7. The summed E-state index contributed by atoms with van der Waals surface area (Å²) in [6, 6.07) is 5.95. The predicted molar refractivity (Wildman–Crippen MR) is 77.1 cm³/mol. The molecule has 1 amide bonds. The molecule has 0 saturated carbocycles. The van der Waals surface area contributed by atoms with E-state index in [0.717, 1.165) is 17.3 Å². The van der Waals surface area contributed by atoms with Crippen LogP contribution in [0, 0.1) is 5.82 Å². The van der Waals surface area contributed by atoms with Gasteiger partial charge in [-0.15, -0.1) is 0 Å². The highest BCUT2D eigenvalue weighted by molar-refractivity contribution is 8.16. The SMILES string of the molecule is CC(=O)C1(C)SC(N[C@@H](C)c2ccc(F)cc2)=NC1=O. The second-order valence-corrected chi connectivity index (χ2v) is 6.24. The summed E-state index contributed by atoms with van der Waals surface area (Å²) in [7, 11) is 0. The number of nitrogens with zero attached hydrogens (tertiary/aromatic N) is 1. The molecule has 1 aliphatic rings.